The molecule has 120 valence electrons. The Hall–Kier alpha value is -1.75. The third-order valence-corrected chi connectivity index (χ3v) is 3.74. The summed E-state index contributed by atoms with van der Waals surface area (Å²) in [5.41, 5.74) is 2.90. The first-order chi connectivity index (χ1) is 11.0. The van der Waals surface area contributed by atoms with Gasteiger partial charge in [-0.1, -0.05) is 46.9 Å². The smallest absolute Gasteiger partial charge is 0.280 e. The van der Waals surface area contributed by atoms with E-state index in [2.05, 4.69) is 10.5 Å². The minimum absolute atomic E-state index is 0.413. The number of nitrogens with one attached hydrogen (secondary N) is 1. The molecule has 1 amide bonds. The Morgan fingerprint density at radius 1 is 1.17 bits per heavy atom. The average Bonchev–Trinajstić information content (AvgIpc) is 2.50. The second kappa shape index (κ2) is 8.20. The van der Waals surface area contributed by atoms with Crippen molar-refractivity contribution in [3.05, 3.63) is 63.1 Å². The summed E-state index contributed by atoms with van der Waals surface area (Å²) in [6.07, 6.45) is 0.640. The number of halogens is 3. The highest BCUT2D eigenvalue weighted by atomic mass is 35.5. The number of hydrogen-bond acceptors (Lipinski definition) is 3. The Morgan fingerprint density at radius 3 is 2.48 bits per heavy atom. The molecule has 2 aromatic carbocycles. The summed E-state index contributed by atoms with van der Waals surface area (Å²) < 4.78 is 5.48. The molecule has 23 heavy (non-hydrogen) atoms. The van der Waals surface area contributed by atoms with E-state index >= 15 is 0 Å². The minimum atomic E-state index is -0.743. The Labute approximate surface area is 149 Å². The molecule has 2 aromatic rings. The van der Waals surface area contributed by atoms with Gasteiger partial charge in [-0.25, -0.2) is 5.43 Å². The molecule has 0 saturated heterocycles. The average molecular weight is 372 g/mol. The van der Waals surface area contributed by atoms with Crippen molar-refractivity contribution in [2.45, 2.75) is 13.0 Å². The van der Waals surface area contributed by atoms with Gasteiger partial charge in [0.05, 0.1) is 16.3 Å². The summed E-state index contributed by atoms with van der Waals surface area (Å²) in [4.78, 5) is 11.9. The van der Waals surface area contributed by atoms with Gasteiger partial charge in [0, 0.05) is 10.6 Å². The van der Waals surface area contributed by atoms with E-state index in [1.165, 1.54) is 6.21 Å². The standard InChI is InChI=1S/C16H13Cl3N2O2/c1-10(23-12-5-2-4-11(17)8-12)16(22)21-20-9-13-14(18)6-3-7-15(13)19/h2-10H,1H3,(H,21,22)/b20-9+. The van der Waals surface area contributed by atoms with Crippen LogP contribution < -0.4 is 10.2 Å². The Kier molecular flexibility index (Phi) is 6.28. The summed E-state index contributed by atoms with van der Waals surface area (Å²) in [5.74, 6) is 0.0858. The molecule has 0 aliphatic rings. The molecular formula is C16H13Cl3N2O2. The quantitative estimate of drug-likeness (QED) is 0.618. The van der Waals surface area contributed by atoms with Crippen LogP contribution >= 0.6 is 34.8 Å². The maximum atomic E-state index is 11.9. The monoisotopic (exact) mass is 370 g/mol. The van der Waals surface area contributed by atoms with Gasteiger partial charge in [-0.3, -0.25) is 4.79 Å². The first-order valence-electron chi connectivity index (χ1n) is 6.66. The molecule has 0 spiro atoms. The van der Waals surface area contributed by atoms with Crippen LogP contribution in [0.3, 0.4) is 0 Å². The molecule has 1 N–H and O–H groups in total. The summed E-state index contributed by atoms with van der Waals surface area (Å²) >= 11 is 17.9. The predicted octanol–water partition coefficient (Wildman–Crippen LogP) is 4.56. The molecular weight excluding hydrogens is 359 g/mol. The van der Waals surface area contributed by atoms with E-state index in [0.29, 0.717) is 26.4 Å². The fourth-order valence-electron chi connectivity index (χ4n) is 1.68. The number of amides is 1. The van der Waals surface area contributed by atoms with Crippen LogP contribution in [0.1, 0.15) is 12.5 Å². The van der Waals surface area contributed by atoms with Crippen LogP contribution in [-0.4, -0.2) is 18.2 Å². The Balaban J connectivity index is 1.95. The number of nitrogens with zero attached hydrogens (tertiary/aromatic N) is 1. The normalized spacial score (nSPS) is 12.2. The maximum Gasteiger partial charge on any atom is 0.280 e. The third kappa shape index (κ3) is 5.13. The van der Waals surface area contributed by atoms with Crippen molar-refractivity contribution in [2.75, 3.05) is 0 Å². The number of hydrazone groups is 1. The zero-order valence-corrected chi connectivity index (χ0v) is 14.4. The van der Waals surface area contributed by atoms with Crippen molar-refractivity contribution in [2.24, 2.45) is 5.10 Å². The number of rotatable bonds is 5. The molecule has 2 rings (SSSR count). The van der Waals surface area contributed by atoms with Crippen molar-refractivity contribution < 1.29 is 9.53 Å². The first kappa shape index (κ1) is 17.6. The summed E-state index contributed by atoms with van der Waals surface area (Å²) in [6, 6.07) is 11.9. The Morgan fingerprint density at radius 2 is 1.83 bits per heavy atom. The number of benzene rings is 2. The summed E-state index contributed by atoms with van der Waals surface area (Å²) in [7, 11) is 0. The highest BCUT2D eigenvalue weighted by Gasteiger charge is 2.14. The van der Waals surface area contributed by atoms with Gasteiger partial charge >= 0.3 is 0 Å². The predicted molar refractivity (Wildman–Crippen MR) is 93.7 cm³/mol. The van der Waals surface area contributed by atoms with Crippen LogP contribution in [0, 0.1) is 0 Å². The second-order valence-corrected chi connectivity index (χ2v) is 5.84. The molecule has 0 bridgehead atoms. The van der Waals surface area contributed by atoms with Crippen molar-refractivity contribution in [1.29, 1.82) is 0 Å². The Bertz CT molecular complexity index is 715. The lowest BCUT2D eigenvalue weighted by Crippen LogP contribution is -2.33. The van der Waals surface area contributed by atoms with Gasteiger partial charge in [0.15, 0.2) is 6.10 Å². The largest absolute Gasteiger partial charge is 0.481 e. The fourth-order valence-corrected chi connectivity index (χ4v) is 2.36. The zero-order valence-electron chi connectivity index (χ0n) is 12.1. The summed E-state index contributed by atoms with van der Waals surface area (Å²) in [5, 5.41) is 5.26. The fraction of sp³-hybridized carbons (Fsp3) is 0.125. The van der Waals surface area contributed by atoms with Crippen LogP contribution in [-0.2, 0) is 4.79 Å². The van der Waals surface area contributed by atoms with E-state index in [1.807, 2.05) is 0 Å². The lowest BCUT2D eigenvalue weighted by Gasteiger charge is -2.13. The number of ether oxygens (including phenoxy) is 1. The number of carbonyl (C=O) groups is 1. The zero-order chi connectivity index (χ0) is 16.8. The molecule has 1 atom stereocenters. The van der Waals surface area contributed by atoms with Crippen LogP contribution in [0.4, 0.5) is 0 Å². The van der Waals surface area contributed by atoms with Crippen molar-refractivity contribution in [3.8, 4) is 5.75 Å². The van der Waals surface area contributed by atoms with Gasteiger partial charge in [0.1, 0.15) is 5.75 Å². The van der Waals surface area contributed by atoms with Gasteiger partial charge in [-0.2, -0.15) is 5.10 Å². The van der Waals surface area contributed by atoms with E-state index in [0.717, 1.165) is 0 Å². The van der Waals surface area contributed by atoms with Crippen molar-refractivity contribution in [1.82, 2.24) is 5.43 Å². The topological polar surface area (TPSA) is 50.7 Å². The van der Waals surface area contributed by atoms with E-state index in [-0.39, 0.29) is 0 Å². The number of carbonyl (C=O) groups excluding carboxylic acids is 1. The van der Waals surface area contributed by atoms with E-state index < -0.39 is 12.0 Å². The van der Waals surface area contributed by atoms with Crippen LogP contribution in [0.5, 0.6) is 5.75 Å². The van der Waals surface area contributed by atoms with E-state index in [9.17, 15) is 4.79 Å². The SMILES string of the molecule is CC(Oc1cccc(Cl)c1)C(=O)N/N=C/c1c(Cl)cccc1Cl. The van der Waals surface area contributed by atoms with Gasteiger partial charge in [0.25, 0.3) is 5.91 Å². The van der Waals surface area contributed by atoms with Crippen LogP contribution in [0.2, 0.25) is 15.1 Å². The molecule has 0 aromatic heterocycles. The maximum absolute atomic E-state index is 11.9. The minimum Gasteiger partial charge on any atom is -0.481 e. The lowest BCUT2D eigenvalue weighted by molar-refractivity contribution is -0.127. The molecule has 0 aliphatic carbocycles. The summed E-state index contributed by atoms with van der Waals surface area (Å²) in [6.45, 7) is 1.61. The van der Waals surface area contributed by atoms with Crippen molar-refractivity contribution >= 4 is 46.9 Å². The third-order valence-electron chi connectivity index (χ3n) is 2.85. The first-order valence-corrected chi connectivity index (χ1v) is 7.80. The lowest BCUT2D eigenvalue weighted by atomic mass is 10.2. The van der Waals surface area contributed by atoms with Gasteiger partial charge < -0.3 is 4.74 Å². The van der Waals surface area contributed by atoms with Crippen molar-refractivity contribution in [3.63, 3.8) is 0 Å². The molecule has 0 heterocycles. The molecule has 0 aliphatic heterocycles. The van der Waals surface area contributed by atoms with Crippen LogP contribution in [0.25, 0.3) is 0 Å². The molecule has 4 nitrogen and oxygen atoms in total. The van der Waals surface area contributed by atoms with Gasteiger partial charge in [-0.15, -0.1) is 0 Å². The van der Waals surface area contributed by atoms with E-state index in [4.69, 9.17) is 39.5 Å². The molecule has 0 radical (unpaired) electrons. The number of hydrogen-bond donors (Lipinski definition) is 1. The highest BCUT2D eigenvalue weighted by molar-refractivity contribution is 6.38. The molecule has 1 unspecified atom stereocenters. The molecule has 0 saturated carbocycles. The second-order valence-electron chi connectivity index (χ2n) is 4.59. The molecule has 0 fully saturated rings. The highest BCUT2D eigenvalue weighted by Crippen LogP contribution is 2.22. The molecule has 7 heteroatoms. The van der Waals surface area contributed by atoms with Gasteiger partial charge in [0.2, 0.25) is 0 Å². The van der Waals surface area contributed by atoms with Crippen LogP contribution in [0.15, 0.2) is 47.6 Å². The van der Waals surface area contributed by atoms with Gasteiger partial charge in [-0.05, 0) is 37.3 Å². The van der Waals surface area contributed by atoms with E-state index in [1.54, 1.807) is 49.4 Å².